The summed E-state index contributed by atoms with van der Waals surface area (Å²) in [6, 6.07) is 6.19. The molecule has 1 aromatic carbocycles. The first-order valence-corrected chi connectivity index (χ1v) is 8.15. The van der Waals surface area contributed by atoms with Crippen molar-refractivity contribution in [2.75, 3.05) is 20.3 Å². The van der Waals surface area contributed by atoms with Crippen molar-refractivity contribution in [3.63, 3.8) is 0 Å². The van der Waals surface area contributed by atoms with E-state index in [-0.39, 0.29) is 18.1 Å². The standard InChI is InChI=1S/C14H23NO4S/c1-4-11(2)12-5-7-14(8-6-12)20(17,18)15-13(9-16)10-19-3/h5-8,11,13,15-16H,4,9-10H2,1-3H3. The second-order valence-corrected chi connectivity index (χ2v) is 6.55. The van der Waals surface area contributed by atoms with Crippen LogP contribution in [0.2, 0.25) is 0 Å². The summed E-state index contributed by atoms with van der Waals surface area (Å²) in [4.78, 5) is 0.194. The zero-order valence-corrected chi connectivity index (χ0v) is 13.0. The lowest BCUT2D eigenvalue weighted by Crippen LogP contribution is -2.40. The smallest absolute Gasteiger partial charge is 0.240 e. The molecule has 20 heavy (non-hydrogen) atoms. The summed E-state index contributed by atoms with van der Waals surface area (Å²) in [7, 11) is -2.18. The van der Waals surface area contributed by atoms with Gasteiger partial charge in [-0.25, -0.2) is 13.1 Å². The van der Waals surface area contributed by atoms with E-state index >= 15 is 0 Å². The van der Waals surface area contributed by atoms with Crippen molar-refractivity contribution < 1.29 is 18.3 Å². The van der Waals surface area contributed by atoms with Crippen LogP contribution in [0.3, 0.4) is 0 Å². The molecular formula is C14H23NO4S. The number of aliphatic hydroxyl groups is 1. The number of ether oxygens (including phenoxy) is 1. The van der Waals surface area contributed by atoms with Gasteiger partial charge in [0.1, 0.15) is 0 Å². The van der Waals surface area contributed by atoms with E-state index in [1.165, 1.54) is 7.11 Å². The average Bonchev–Trinajstić information content (AvgIpc) is 2.45. The molecule has 114 valence electrons. The van der Waals surface area contributed by atoms with Gasteiger partial charge in [0, 0.05) is 7.11 Å². The molecular weight excluding hydrogens is 278 g/mol. The maximum Gasteiger partial charge on any atom is 0.240 e. The van der Waals surface area contributed by atoms with Crippen molar-refractivity contribution >= 4 is 10.0 Å². The van der Waals surface area contributed by atoms with Gasteiger partial charge in [-0.2, -0.15) is 0 Å². The fraction of sp³-hybridized carbons (Fsp3) is 0.571. The zero-order chi connectivity index (χ0) is 15.2. The van der Waals surface area contributed by atoms with Gasteiger partial charge in [0.05, 0.1) is 24.2 Å². The SMILES string of the molecule is CCC(C)c1ccc(S(=O)(=O)NC(CO)COC)cc1. The van der Waals surface area contributed by atoms with Crippen LogP contribution in [0.4, 0.5) is 0 Å². The van der Waals surface area contributed by atoms with Crippen LogP contribution in [0, 0.1) is 0 Å². The summed E-state index contributed by atoms with van der Waals surface area (Å²) >= 11 is 0. The Morgan fingerprint density at radius 2 is 1.90 bits per heavy atom. The molecule has 6 heteroatoms. The van der Waals surface area contributed by atoms with Gasteiger partial charge in [0.25, 0.3) is 0 Å². The number of nitrogens with one attached hydrogen (secondary N) is 1. The molecule has 2 N–H and O–H groups in total. The summed E-state index contributed by atoms with van der Waals surface area (Å²) < 4.78 is 31.6. The van der Waals surface area contributed by atoms with Crippen molar-refractivity contribution in [3.05, 3.63) is 29.8 Å². The Kier molecular flexibility index (Phi) is 6.61. The van der Waals surface area contributed by atoms with E-state index in [0.717, 1.165) is 12.0 Å². The molecule has 0 aromatic heterocycles. The Bertz CT molecular complexity index is 498. The molecule has 0 aliphatic rings. The molecule has 1 aromatic rings. The fourth-order valence-electron chi connectivity index (χ4n) is 1.82. The van der Waals surface area contributed by atoms with Crippen molar-refractivity contribution in [1.82, 2.24) is 4.72 Å². The summed E-state index contributed by atoms with van der Waals surface area (Å²) in [5, 5.41) is 9.11. The van der Waals surface area contributed by atoms with Gasteiger partial charge < -0.3 is 9.84 Å². The van der Waals surface area contributed by atoms with Gasteiger partial charge in [0.15, 0.2) is 0 Å². The van der Waals surface area contributed by atoms with Crippen LogP contribution >= 0.6 is 0 Å². The van der Waals surface area contributed by atoms with Gasteiger partial charge >= 0.3 is 0 Å². The maximum atomic E-state index is 12.1. The van der Waals surface area contributed by atoms with Gasteiger partial charge in [0.2, 0.25) is 10.0 Å². The first-order chi connectivity index (χ1) is 9.44. The molecule has 0 aliphatic heterocycles. The monoisotopic (exact) mass is 301 g/mol. The highest BCUT2D eigenvalue weighted by molar-refractivity contribution is 7.89. The molecule has 5 nitrogen and oxygen atoms in total. The molecule has 0 heterocycles. The van der Waals surface area contributed by atoms with Crippen LogP contribution < -0.4 is 4.72 Å². The van der Waals surface area contributed by atoms with Crippen LogP contribution in [-0.4, -0.2) is 39.9 Å². The number of aliphatic hydroxyl groups excluding tert-OH is 1. The zero-order valence-electron chi connectivity index (χ0n) is 12.2. The van der Waals surface area contributed by atoms with E-state index in [2.05, 4.69) is 18.6 Å². The van der Waals surface area contributed by atoms with Gasteiger partial charge in [-0.1, -0.05) is 26.0 Å². The predicted octanol–water partition coefficient (Wildman–Crippen LogP) is 1.49. The van der Waals surface area contributed by atoms with E-state index in [1.807, 2.05) is 12.1 Å². The number of benzene rings is 1. The van der Waals surface area contributed by atoms with Crippen LogP contribution in [0.1, 0.15) is 31.7 Å². The number of hydrogen-bond donors (Lipinski definition) is 2. The van der Waals surface area contributed by atoms with Gasteiger partial charge in [-0.05, 0) is 30.0 Å². The van der Waals surface area contributed by atoms with E-state index < -0.39 is 16.1 Å². The largest absolute Gasteiger partial charge is 0.395 e. The van der Waals surface area contributed by atoms with Crippen LogP contribution in [0.25, 0.3) is 0 Å². The summed E-state index contributed by atoms with van der Waals surface area (Å²) in [5.41, 5.74) is 1.11. The third-order valence-electron chi connectivity index (χ3n) is 3.28. The normalized spacial score (nSPS) is 15.0. The topological polar surface area (TPSA) is 75.6 Å². The molecule has 0 amide bonds. The van der Waals surface area contributed by atoms with E-state index in [1.54, 1.807) is 12.1 Å². The second-order valence-electron chi connectivity index (χ2n) is 4.83. The van der Waals surface area contributed by atoms with Crippen molar-refractivity contribution in [3.8, 4) is 0 Å². The molecule has 0 saturated heterocycles. The lowest BCUT2D eigenvalue weighted by molar-refractivity contribution is 0.139. The van der Waals surface area contributed by atoms with Crippen LogP contribution in [0.5, 0.6) is 0 Å². The van der Waals surface area contributed by atoms with Crippen molar-refractivity contribution in [1.29, 1.82) is 0 Å². The second kappa shape index (κ2) is 7.73. The Hall–Kier alpha value is -0.950. The Balaban J connectivity index is 2.87. The molecule has 0 saturated carbocycles. The predicted molar refractivity (Wildman–Crippen MR) is 78.2 cm³/mol. The maximum absolute atomic E-state index is 12.1. The quantitative estimate of drug-likeness (QED) is 0.763. The Morgan fingerprint density at radius 1 is 1.30 bits per heavy atom. The summed E-state index contributed by atoms with van der Waals surface area (Å²) in [5.74, 6) is 0.401. The van der Waals surface area contributed by atoms with E-state index in [9.17, 15) is 8.42 Å². The molecule has 2 unspecified atom stereocenters. The third-order valence-corrected chi connectivity index (χ3v) is 4.82. The fourth-order valence-corrected chi connectivity index (χ4v) is 3.04. The molecule has 2 atom stereocenters. The first kappa shape index (κ1) is 17.1. The minimum absolute atomic E-state index is 0.126. The molecule has 1 rings (SSSR count). The molecule has 0 spiro atoms. The highest BCUT2D eigenvalue weighted by atomic mass is 32.2. The van der Waals surface area contributed by atoms with E-state index in [4.69, 9.17) is 9.84 Å². The van der Waals surface area contributed by atoms with Crippen molar-refractivity contribution in [2.45, 2.75) is 37.1 Å². The molecule has 0 fully saturated rings. The minimum Gasteiger partial charge on any atom is -0.395 e. The molecule has 0 bridgehead atoms. The highest BCUT2D eigenvalue weighted by Gasteiger charge is 2.19. The summed E-state index contributed by atoms with van der Waals surface area (Å²) in [6.45, 7) is 4.01. The number of hydrogen-bond acceptors (Lipinski definition) is 4. The lowest BCUT2D eigenvalue weighted by Gasteiger charge is -2.16. The number of sulfonamides is 1. The molecule has 0 aliphatic carbocycles. The van der Waals surface area contributed by atoms with Gasteiger partial charge in [-0.15, -0.1) is 0 Å². The van der Waals surface area contributed by atoms with Crippen molar-refractivity contribution in [2.24, 2.45) is 0 Å². The molecule has 0 radical (unpaired) electrons. The lowest BCUT2D eigenvalue weighted by atomic mass is 9.99. The van der Waals surface area contributed by atoms with E-state index in [0.29, 0.717) is 5.92 Å². The number of methoxy groups -OCH3 is 1. The Labute approximate surface area is 121 Å². The highest BCUT2D eigenvalue weighted by Crippen LogP contribution is 2.20. The first-order valence-electron chi connectivity index (χ1n) is 6.66. The third kappa shape index (κ3) is 4.56. The number of rotatable bonds is 8. The Morgan fingerprint density at radius 3 is 2.35 bits per heavy atom. The van der Waals surface area contributed by atoms with Crippen LogP contribution in [-0.2, 0) is 14.8 Å². The van der Waals surface area contributed by atoms with Gasteiger partial charge in [-0.3, -0.25) is 0 Å². The summed E-state index contributed by atoms with van der Waals surface area (Å²) in [6.07, 6.45) is 1.00. The average molecular weight is 301 g/mol. The van der Waals surface area contributed by atoms with Crippen LogP contribution in [0.15, 0.2) is 29.2 Å². The minimum atomic E-state index is -3.63.